The summed E-state index contributed by atoms with van der Waals surface area (Å²) in [6, 6.07) is 5.84. The Labute approximate surface area is 189 Å². The van der Waals surface area contributed by atoms with Crippen LogP contribution in [0.5, 0.6) is 0 Å². The third-order valence-corrected chi connectivity index (χ3v) is 7.19. The number of hydrogen-bond acceptors (Lipinski definition) is 5. The number of alkyl halides is 3. The summed E-state index contributed by atoms with van der Waals surface area (Å²) in [5.41, 5.74) is -1.92. The summed E-state index contributed by atoms with van der Waals surface area (Å²) in [5.74, 6) is 0.102. The fourth-order valence-electron chi connectivity index (χ4n) is 3.79. The van der Waals surface area contributed by atoms with Crippen molar-refractivity contribution in [1.82, 2.24) is 10.2 Å². The van der Waals surface area contributed by atoms with Crippen molar-refractivity contribution in [2.24, 2.45) is 5.16 Å². The highest BCUT2D eigenvalue weighted by Gasteiger charge is 2.63. The molecule has 1 saturated carbocycles. The first-order chi connectivity index (χ1) is 14.6. The summed E-state index contributed by atoms with van der Waals surface area (Å²) in [4.78, 5) is 20.6. The molecule has 1 fully saturated rings. The van der Waals surface area contributed by atoms with E-state index in [0.29, 0.717) is 18.0 Å². The molecule has 3 heterocycles. The van der Waals surface area contributed by atoms with E-state index in [1.807, 2.05) is 6.07 Å². The molecule has 1 amide bonds. The summed E-state index contributed by atoms with van der Waals surface area (Å²) >= 11 is 13.2. The van der Waals surface area contributed by atoms with Gasteiger partial charge in [0.05, 0.1) is 17.8 Å². The lowest BCUT2D eigenvalue weighted by Gasteiger charge is -2.30. The third kappa shape index (κ3) is 3.76. The monoisotopic (exact) mass is 489 g/mol. The zero-order valence-corrected chi connectivity index (χ0v) is 18.3. The highest BCUT2D eigenvalue weighted by Crippen LogP contribution is 2.50. The Morgan fingerprint density at radius 2 is 1.90 bits per heavy atom. The predicted octanol–water partition coefficient (Wildman–Crippen LogP) is 5.45. The maximum Gasteiger partial charge on any atom is 0.435 e. The van der Waals surface area contributed by atoms with Crippen LogP contribution >= 0.6 is 34.5 Å². The summed E-state index contributed by atoms with van der Waals surface area (Å²) in [6.45, 7) is 0.748. The maximum absolute atomic E-state index is 14.1. The van der Waals surface area contributed by atoms with Crippen LogP contribution in [0.1, 0.15) is 44.9 Å². The van der Waals surface area contributed by atoms with Gasteiger partial charge in [-0.05, 0) is 42.7 Å². The maximum atomic E-state index is 14.1. The Morgan fingerprint density at radius 3 is 2.52 bits per heavy atom. The number of amidine groups is 1. The molecule has 11 heteroatoms. The molecule has 1 aromatic heterocycles. The molecular weight excluding hydrogens is 474 g/mol. The van der Waals surface area contributed by atoms with Crippen LogP contribution in [0.15, 0.2) is 29.4 Å². The third-order valence-electron chi connectivity index (χ3n) is 5.59. The van der Waals surface area contributed by atoms with Crippen LogP contribution in [0.2, 0.25) is 10.0 Å². The van der Waals surface area contributed by atoms with Crippen molar-refractivity contribution in [3.63, 3.8) is 0 Å². The van der Waals surface area contributed by atoms with Crippen LogP contribution in [0.25, 0.3) is 0 Å². The number of fused-ring (bicyclic) bond motifs is 1. The summed E-state index contributed by atoms with van der Waals surface area (Å²) < 4.78 is 42.4. The molecule has 5 nitrogen and oxygen atoms in total. The van der Waals surface area contributed by atoms with Crippen molar-refractivity contribution in [2.75, 3.05) is 0 Å². The van der Waals surface area contributed by atoms with Crippen molar-refractivity contribution in [2.45, 2.75) is 50.2 Å². The van der Waals surface area contributed by atoms with Crippen molar-refractivity contribution in [3.8, 4) is 0 Å². The predicted molar refractivity (Wildman–Crippen MR) is 111 cm³/mol. The normalized spacial score (nSPS) is 22.9. The molecule has 3 aliphatic rings. The van der Waals surface area contributed by atoms with E-state index in [4.69, 9.17) is 28.0 Å². The SMILES string of the molecule is O=C(NC1CC1)c1cc2c(s1)CN(C1=NOC(c3cc(Cl)cc(Cl)c3)(C(F)(F)F)C1)C2. The van der Waals surface area contributed by atoms with E-state index in [9.17, 15) is 18.0 Å². The molecule has 0 spiro atoms. The van der Waals surface area contributed by atoms with Gasteiger partial charge in [0.1, 0.15) is 5.84 Å². The van der Waals surface area contributed by atoms with Crippen molar-refractivity contribution < 1.29 is 22.8 Å². The Morgan fingerprint density at radius 1 is 1.19 bits per heavy atom. The number of carbonyl (C=O) groups is 1. The van der Waals surface area contributed by atoms with Crippen LogP contribution in [-0.4, -0.2) is 28.9 Å². The molecule has 2 aliphatic heterocycles. The topological polar surface area (TPSA) is 53.9 Å². The van der Waals surface area contributed by atoms with Gasteiger partial charge in [-0.1, -0.05) is 28.4 Å². The summed E-state index contributed by atoms with van der Waals surface area (Å²) in [7, 11) is 0. The quantitative estimate of drug-likeness (QED) is 0.623. The number of nitrogens with one attached hydrogen (secondary N) is 1. The van der Waals surface area contributed by atoms with Gasteiger partial charge in [0, 0.05) is 33.1 Å². The molecule has 1 N–H and O–H groups in total. The van der Waals surface area contributed by atoms with Gasteiger partial charge in [0.25, 0.3) is 11.5 Å². The lowest BCUT2D eigenvalue weighted by molar-refractivity contribution is -0.275. The van der Waals surface area contributed by atoms with Gasteiger partial charge in [-0.25, -0.2) is 0 Å². The highest BCUT2D eigenvalue weighted by atomic mass is 35.5. The number of amides is 1. The standard InChI is InChI=1S/C20H16Cl2F3N3O2S/c21-12-4-11(5-13(22)6-12)19(20(23,24)25)7-17(27-30-19)28-8-10-3-15(31-16(10)9-28)18(29)26-14-1-2-14/h3-6,14H,1-2,7-9H2,(H,26,29). The minimum Gasteiger partial charge on any atom is -0.372 e. The zero-order chi connectivity index (χ0) is 22.0. The lowest BCUT2D eigenvalue weighted by Crippen LogP contribution is -2.43. The molecule has 1 atom stereocenters. The first-order valence-corrected chi connectivity index (χ1v) is 11.2. The molecule has 1 unspecified atom stereocenters. The van der Waals surface area contributed by atoms with E-state index in [0.717, 1.165) is 23.3 Å². The van der Waals surface area contributed by atoms with Gasteiger partial charge in [-0.2, -0.15) is 13.2 Å². The number of nitrogens with zero attached hydrogens (tertiary/aromatic N) is 2. The van der Waals surface area contributed by atoms with Gasteiger partial charge in [0.15, 0.2) is 0 Å². The average Bonchev–Trinajstić information content (AvgIpc) is 3.08. The fourth-order valence-corrected chi connectivity index (χ4v) is 5.41. The fraction of sp³-hybridized carbons (Fsp3) is 0.400. The second-order valence-corrected chi connectivity index (χ2v) is 9.93. The van der Waals surface area contributed by atoms with E-state index in [-0.39, 0.29) is 33.4 Å². The van der Waals surface area contributed by atoms with Gasteiger partial charge in [0.2, 0.25) is 0 Å². The van der Waals surface area contributed by atoms with Crippen LogP contribution in [0.3, 0.4) is 0 Å². The molecule has 0 radical (unpaired) electrons. The highest BCUT2D eigenvalue weighted by molar-refractivity contribution is 7.14. The van der Waals surface area contributed by atoms with Crippen LogP contribution in [0, 0.1) is 0 Å². The molecule has 1 aromatic carbocycles. The number of carbonyl (C=O) groups excluding carboxylic acids is 1. The lowest BCUT2D eigenvalue weighted by atomic mass is 9.89. The number of thiophene rings is 1. The van der Waals surface area contributed by atoms with E-state index < -0.39 is 18.2 Å². The Balaban J connectivity index is 1.34. The Bertz CT molecular complexity index is 1060. The smallest absolute Gasteiger partial charge is 0.372 e. The van der Waals surface area contributed by atoms with E-state index in [1.165, 1.54) is 29.5 Å². The van der Waals surface area contributed by atoms with E-state index in [1.54, 1.807) is 4.90 Å². The van der Waals surface area contributed by atoms with Crippen molar-refractivity contribution in [1.29, 1.82) is 0 Å². The van der Waals surface area contributed by atoms with Gasteiger partial charge < -0.3 is 15.1 Å². The number of oxime groups is 1. The number of benzene rings is 1. The number of rotatable bonds is 3. The average molecular weight is 490 g/mol. The molecular formula is C20H16Cl2F3N3O2S. The number of hydrogen-bond donors (Lipinski definition) is 1. The van der Waals surface area contributed by atoms with Crippen LogP contribution in [-0.2, 0) is 23.5 Å². The van der Waals surface area contributed by atoms with Crippen molar-refractivity contribution >= 4 is 46.3 Å². The summed E-state index contributed by atoms with van der Waals surface area (Å²) in [5, 5.41) is 6.92. The largest absolute Gasteiger partial charge is 0.435 e. The Hall–Kier alpha value is -1.97. The van der Waals surface area contributed by atoms with E-state index in [2.05, 4.69) is 10.5 Å². The molecule has 0 saturated heterocycles. The first kappa shape index (κ1) is 20.9. The molecule has 5 rings (SSSR count). The molecule has 1 aliphatic carbocycles. The first-order valence-electron chi connectivity index (χ1n) is 9.60. The molecule has 2 aromatic rings. The van der Waals surface area contributed by atoms with Gasteiger partial charge in [-0.3, -0.25) is 4.79 Å². The van der Waals surface area contributed by atoms with Crippen LogP contribution < -0.4 is 5.32 Å². The number of halogens is 5. The second kappa shape index (κ2) is 7.28. The van der Waals surface area contributed by atoms with Crippen LogP contribution in [0.4, 0.5) is 13.2 Å². The minimum absolute atomic E-state index is 0.0866. The second-order valence-electron chi connectivity index (χ2n) is 7.92. The van der Waals surface area contributed by atoms with Gasteiger partial charge >= 0.3 is 6.18 Å². The Kier molecular flexibility index (Phi) is 4.91. The molecule has 164 valence electrons. The van der Waals surface area contributed by atoms with Crippen molar-refractivity contribution in [3.05, 3.63) is 55.2 Å². The van der Waals surface area contributed by atoms with E-state index >= 15 is 0 Å². The van der Waals surface area contributed by atoms with Gasteiger partial charge in [-0.15, -0.1) is 11.3 Å². The minimum atomic E-state index is -4.73. The molecule has 31 heavy (non-hydrogen) atoms. The molecule has 0 bridgehead atoms. The summed E-state index contributed by atoms with van der Waals surface area (Å²) in [6.07, 6.45) is -3.21. The zero-order valence-electron chi connectivity index (χ0n) is 15.9.